The highest BCUT2D eigenvalue weighted by atomic mass is 19.1. The van der Waals surface area contributed by atoms with E-state index in [2.05, 4.69) is 13.8 Å². The molecule has 0 aliphatic heterocycles. The Bertz CT molecular complexity index is 182. The molecule has 0 unspecified atom stereocenters. The average molecular weight is 232 g/mol. The van der Waals surface area contributed by atoms with Crippen LogP contribution in [0.3, 0.4) is 0 Å². The van der Waals surface area contributed by atoms with Gasteiger partial charge in [0.1, 0.15) is 5.67 Å². The highest BCUT2D eigenvalue weighted by Crippen LogP contribution is 2.30. The number of hydrogen-bond acceptors (Lipinski definition) is 1. The summed E-state index contributed by atoms with van der Waals surface area (Å²) in [5.41, 5.74) is -1.48. The van der Waals surface area contributed by atoms with Crippen LogP contribution in [0.4, 0.5) is 4.39 Å². The SMILES string of the molecule is CCCCCC(F)(CCCCC)CC(=O)O. The first kappa shape index (κ1) is 15.4. The lowest BCUT2D eigenvalue weighted by Crippen LogP contribution is -2.26. The largest absolute Gasteiger partial charge is 0.481 e. The minimum absolute atomic E-state index is 0.333. The maximum Gasteiger partial charge on any atom is 0.306 e. The summed E-state index contributed by atoms with van der Waals surface area (Å²) in [5.74, 6) is -1.02. The number of carboxylic acid groups (broad SMARTS) is 1. The molecule has 0 amide bonds. The number of alkyl halides is 1. The van der Waals surface area contributed by atoms with E-state index in [9.17, 15) is 9.18 Å². The molecule has 0 rings (SSSR count). The van der Waals surface area contributed by atoms with Crippen LogP contribution in [0, 0.1) is 0 Å². The van der Waals surface area contributed by atoms with E-state index in [0.717, 1.165) is 38.5 Å². The van der Waals surface area contributed by atoms with Crippen molar-refractivity contribution >= 4 is 5.97 Å². The Morgan fingerprint density at radius 3 is 1.81 bits per heavy atom. The molecule has 3 heteroatoms. The summed E-state index contributed by atoms with van der Waals surface area (Å²) >= 11 is 0. The number of rotatable bonds is 10. The number of carboxylic acids is 1. The Hall–Kier alpha value is -0.600. The molecule has 16 heavy (non-hydrogen) atoms. The van der Waals surface area contributed by atoms with Crippen molar-refractivity contribution in [3.05, 3.63) is 0 Å². The Morgan fingerprint density at radius 2 is 1.50 bits per heavy atom. The van der Waals surface area contributed by atoms with E-state index < -0.39 is 11.6 Å². The first-order chi connectivity index (χ1) is 7.54. The van der Waals surface area contributed by atoms with Gasteiger partial charge < -0.3 is 5.11 Å². The third kappa shape index (κ3) is 7.66. The fraction of sp³-hybridized carbons (Fsp3) is 0.923. The van der Waals surface area contributed by atoms with Crippen molar-refractivity contribution in [2.75, 3.05) is 0 Å². The fourth-order valence-corrected chi connectivity index (χ4v) is 1.96. The zero-order valence-electron chi connectivity index (χ0n) is 10.6. The van der Waals surface area contributed by atoms with Crippen LogP contribution in [0.25, 0.3) is 0 Å². The lowest BCUT2D eigenvalue weighted by molar-refractivity contribution is -0.140. The zero-order chi connectivity index (χ0) is 12.4. The van der Waals surface area contributed by atoms with Crippen molar-refractivity contribution in [1.82, 2.24) is 0 Å². The summed E-state index contributed by atoms with van der Waals surface area (Å²) in [5, 5.41) is 8.72. The summed E-state index contributed by atoms with van der Waals surface area (Å²) in [6.07, 6.45) is 6.11. The van der Waals surface area contributed by atoms with Gasteiger partial charge in [-0.05, 0) is 12.8 Å². The smallest absolute Gasteiger partial charge is 0.306 e. The normalized spacial score (nSPS) is 11.7. The second-order valence-electron chi connectivity index (χ2n) is 4.64. The molecule has 0 saturated heterocycles. The third-order valence-corrected chi connectivity index (χ3v) is 2.92. The highest BCUT2D eigenvalue weighted by molar-refractivity contribution is 5.68. The maximum absolute atomic E-state index is 14.3. The molecule has 0 radical (unpaired) electrons. The predicted octanol–water partition coefficient (Wildman–Crippen LogP) is 4.33. The summed E-state index contributed by atoms with van der Waals surface area (Å²) < 4.78 is 14.3. The Labute approximate surface area is 98.2 Å². The van der Waals surface area contributed by atoms with Crippen LogP contribution in [0.5, 0.6) is 0 Å². The van der Waals surface area contributed by atoms with Crippen molar-refractivity contribution in [3.63, 3.8) is 0 Å². The molecular formula is C13H25FO2. The number of halogens is 1. The van der Waals surface area contributed by atoms with Crippen LogP contribution in [0.2, 0.25) is 0 Å². The molecule has 0 aliphatic rings. The Kier molecular flexibility index (Phi) is 8.22. The summed E-state index contributed by atoms with van der Waals surface area (Å²) in [7, 11) is 0. The van der Waals surface area contributed by atoms with E-state index >= 15 is 0 Å². The monoisotopic (exact) mass is 232 g/mol. The molecule has 0 saturated carbocycles. The van der Waals surface area contributed by atoms with Gasteiger partial charge >= 0.3 is 5.97 Å². The standard InChI is InChI=1S/C13H25FO2/c1-3-5-7-9-13(14,11-12(15)16)10-8-6-4-2/h3-11H2,1-2H3,(H,15,16). The molecule has 0 spiro atoms. The van der Waals surface area contributed by atoms with Gasteiger partial charge in [-0.3, -0.25) is 4.79 Å². The van der Waals surface area contributed by atoms with E-state index in [0.29, 0.717) is 12.8 Å². The molecule has 0 fully saturated rings. The van der Waals surface area contributed by atoms with Gasteiger partial charge in [0, 0.05) is 0 Å². The molecule has 0 aromatic rings. The second kappa shape index (κ2) is 8.54. The molecule has 0 aromatic carbocycles. The topological polar surface area (TPSA) is 37.3 Å². The summed E-state index contributed by atoms with van der Waals surface area (Å²) in [6.45, 7) is 4.13. The molecule has 1 N–H and O–H groups in total. The van der Waals surface area contributed by atoms with Gasteiger partial charge in [0.2, 0.25) is 0 Å². The van der Waals surface area contributed by atoms with Gasteiger partial charge in [0.25, 0.3) is 0 Å². The van der Waals surface area contributed by atoms with Crippen LogP contribution < -0.4 is 0 Å². The van der Waals surface area contributed by atoms with Crippen molar-refractivity contribution < 1.29 is 14.3 Å². The van der Waals surface area contributed by atoms with Gasteiger partial charge in [-0.25, -0.2) is 4.39 Å². The maximum atomic E-state index is 14.3. The van der Waals surface area contributed by atoms with Crippen LogP contribution in [-0.2, 0) is 4.79 Å². The minimum atomic E-state index is -1.48. The van der Waals surface area contributed by atoms with E-state index in [1.165, 1.54) is 0 Å². The number of carbonyl (C=O) groups is 1. The number of aliphatic carboxylic acids is 1. The lowest BCUT2D eigenvalue weighted by atomic mass is 9.89. The molecule has 0 atom stereocenters. The van der Waals surface area contributed by atoms with Crippen molar-refractivity contribution in [2.45, 2.75) is 77.3 Å². The van der Waals surface area contributed by atoms with Gasteiger partial charge in [0.05, 0.1) is 6.42 Å². The summed E-state index contributed by atoms with van der Waals surface area (Å²) in [4.78, 5) is 10.6. The van der Waals surface area contributed by atoms with E-state index in [1.54, 1.807) is 0 Å². The molecular weight excluding hydrogens is 207 g/mol. The fourth-order valence-electron chi connectivity index (χ4n) is 1.96. The van der Waals surface area contributed by atoms with Crippen molar-refractivity contribution in [1.29, 1.82) is 0 Å². The van der Waals surface area contributed by atoms with Crippen LogP contribution in [0.1, 0.15) is 71.6 Å². The van der Waals surface area contributed by atoms with E-state index in [4.69, 9.17) is 5.11 Å². The minimum Gasteiger partial charge on any atom is -0.481 e. The van der Waals surface area contributed by atoms with E-state index in [1.807, 2.05) is 0 Å². The van der Waals surface area contributed by atoms with Gasteiger partial charge in [-0.15, -0.1) is 0 Å². The molecule has 0 heterocycles. The molecule has 0 aliphatic carbocycles. The lowest BCUT2D eigenvalue weighted by Gasteiger charge is -2.23. The van der Waals surface area contributed by atoms with Crippen molar-refractivity contribution in [3.8, 4) is 0 Å². The first-order valence-corrected chi connectivity index (χ1v) is 6.45. The molecule has 2 nitrogen and oxygen atoms in total. The first-order valence-electron chi connectivity index (χ1n) is 6.45. The molecule has 0 aromatic heterocycles. The van der Waals surface area contributed by atoms with Crippen LogP contribution >= 0.6 is 0 Å². The van der Waals surface area contributed by atoms with E-state index in [-0.39, 0.29) is 6.42 Å². The molecule has 96 valence electrons. The second-order valence-corrected chi connectivity index (χ2v) is 4.64. The average Bonchev–Trinajstić information content (AvgIpc) is 2.17. The number of unbranched alkanes of at least 4 members (excludes halogenated alkanes) is 4. The van der Waals surface area contributed by atoms with Crippen LogP contribution in [-0.4, -0.2) is 16.7 Å². The third-order valence-electron chi connectivity index (χ3n) is 2.92. The summed E-state index contributed by atoms with van der Waals surface area (Å²) in [6, 6.07) is 0. The Balaban J connectivity index is 4.07. The van der Waals surface area contributed by atoms with Crippen LogP contribution in [0.15, 0.2) is 0 Å². The van der Waals surface area contributed by atoms with Crippen molar-refractivity contribution in [2.24, 2.45) is 0 Å². The van der Waals surface area contributed by atoms with Gasteiger partial charge in [-0.2, -0.15) is 0 Å². The Morgan fingerprint density at radius 1 is 1.06 bits per heavy atom. The quantitative estimate of drug-likeness (QED) is 0.569. The van der Waals surface area contributed by atoms with Gasteiger partial charge in [-0.1, -0.05) is 52.4 Å². The predicted molar refractivity (Wildman–Crippen MR) is 64.4 cm³/mol. The highest BCUT2D eigenvalue weighted by Gasteiger charge is 2.31. The number of hydrogen-bond donors (Lipinski definition) is 1. The molecule has 0 bridgehead atoms. The zero-order valence-corrected chi connectivity index (χ0v) is 10.6. The van der Waals surface area contributed by atoms with Gasteiger partial charge in [0.15, 0.2) is 0 Å².